The van der Waals surface area contributed by atoms with Crippen LogP contribution in [0.3, 0.4) is 0 Å². The third-order valence-electron chi connectivity index (χ3n) is 2.24. The highest BCUT2D eigenvalue weighted by molar-refractivity contribution is 6.18. The summed E-state index contributed by atoms with van der Waals surface area (Å²) in [4.78, 5) is 24.3. The van der Waals surface area contributed by atoms with E-state index in [0.29, 0.717) is 5.69 Å². The van der Waals surface area contributed by atoms with Gasteiger partial charge >= 0.3 is 0 Å². The molecule has 0 saturated heterocycles. The number of nitrogens with zero attached hydrogens (tertiary/aromatic N) is 1. The van der Waals surface area contributed by atoms with Crippen molar-refractivity contribution in [1.29, 1.82) is 0 Å². The van der Waals surface area contributed by atoms with Crippen LogP contribution >= 0.6 is 11.6 Å². The van der Waals surface area contributed by atoms with Crippen LogP contribution in [0.5, 0.6) is 0 Å². The van der Waals surface area contributed by atoms with E-state index in [2.05, 4.69) is 5.32 Å². The molecule has 0 aromatic heterocycles. The average molecular weight is 273 g/mol. The van der Waals surface area contributed by atoms with Crippen molar-refractivity contribution in [1.82, 2.24) is 4.90 Å². The van der Waals surface area contributed by atoms with Gasteiger partial charge in [0.1, 0.15) is 5.82 Å². The highest BCUT2D eigenvalue weighted by Crippen LogP contribution is 2.08. The molecule has 0 radical (unpaired) electrons. The second-order valence-corrected chi connectivity index (χ2v) is 4.12. The van der Waals surface area contributed by atoms with Crippen LogP contribution in [0.15, 0.2) is 24.3 Å². The topological polar surface area (TPSA) is 49.4 Å². The zero-order chi connectivity index (χ0) is 13.5. The maximum Gasteiger partial charge on any atom is 0.243 e. The monoisotopic (exact) mass is 272 g/mol. The Kier molecular flexibility index (Phi) is 5.58. The minimum Gasteiger partial charge on any atom is -0.336 e. The third kappa shape index (κ3) is 4.71. The van der Waals surface area contributed by atoms with E-state index in [-0.39, 0.29) is 36.5 Å². The van der Waals surface area contributed by atoms with Gasteiger partial charge in [0.25, 0.3) is 0 Å². The molecule has 2 amide bonds. The Balaban J connectivity index is 2.46. The lowest BCUT2D eigenvalue weighted by molar-refractivity contribution is -0.132. The summed E-state index contributed by atoms with van der Waals surface area (Å²) in [6.45, 7) is -0.0624. The number of alkyl halides is 1. The van der Waals surface area contributed by atoms with E-state index in [4.69, 9.17) is 11.6 Å². The highest BCUT2D eigenvalue weighted by Gasteiger charge is 2.12. The van der Waals surface area contributed by atoms with E-state index in [9.17, 15) is 14.0 Å². The van der Waals surface area contributed by atoms with Crippen LogP contribution in [0.2, 0.25) is 0 Å². The van der Waals surface area contributed by atoms with Crippen LogP contribution in [-0.4, -0.2) is 36.2 Å². The first-order chi connectivity index (χ1) is 8.52. The van der Waals surface area contributed by atoms with Crippen LogP contribution < -0.4 is 5.32 Å². The van der Waals surface area contributed by atoms with Crippen molar-refractivity contribution >= 4 is 29.1 Å². The molecule has 98 valence electrons. The van der Waals surface area contributed by atoms with Gasteiger partial charge in [0.15, 0.2) is 0 Å². The minimum atomic E-state index is -0.373. The first kappa shape index (κ1) is 14.4. The van der Waals surface area contributed by atoms with Crippen molar-refractivity contribution < 1.29 is 14.0 Å². The number of anilines is 1. The lowest BCUT2D eigenvalue weighted by atomic mass is 10.3. The van der Waals surface area contributed by atoms with Crippen molar-refractivity contribution in [3.05, 3.63) is 30.1 Å². The van der Waals surface area contributed by atoms with Gasteiger partial charge in [-0.1, -0.05) is 0 Å². The average Bonchev–Trinajstić information content (AvgIpc) is 2.32. The fourth-order valence-corrected chi connectivity index (χ4v) is 1.47. The van der Waals surface area contributed by atoms with E-state index < -0.39 is 0 Å². The Hall–Kier alpha value is -1.62. The Morgan fingerprint density at radius 2 is 1.94 bits per heavy atom. The molecule has 6 heteroatoms. The summed E-state index contributed by atoms with van der Waals surface area (Å²) in [6.07, 6.45) is 0.196. The first-order valence-electron chi connectivity index (χ1n) is 5.38. The van der Waals surface area contributed by atoms with Crippen LogP contribution in [-0.2, 0) is 9.59 Å². The molecule has 0 aliphatic carbocycles. The first-order valence-corrected chi connectivity index (χ1v) is 5.91. The standard InChI is InChI=1S/C12H14ClFN2O2/c1-16(12(18)6-7-13)8-11(17)15-10-4-2-9(14)3-5-10/h2-5H,6-8H2,1H3,(H,15,17). The Labute approximate surface area is 110 Å². The summed E-state index contributed by atoms with van der Waals surface area (Å²) in [7, 11) is 1.53. The van der Waals surface area contributed by atoms with Crippen molar-refractivity contribution in [2.75, 3.05) is 24.8 Å². The highest BCUT2D eigenvalue weighted by atomic mass is 35.5. The summed E-state index contributed by atoms with van der Waals surface area (Å²) in [5.74, 6) is -0.684. The molecule has 4 nitrogen and oxygen atoms in total. The zero-order valence-corrected chi connectivity index (χ0v) is 10.7. The van der Waals surface area contributed by atoms with Gasteiger partial charge in [-0.05, 0) is 24.3 Å². The second-order valence-electron chi connectivity index (χ2n) is 3.74. The number of carbonyl (C=O) groups excluding carboxylic acids is 2. The normalized spacial score (nSPS) is 9.94. The van der Waals surface area contributed by atoms with E-state index in [1.165, 1.54) is 36.2 Å². The molecule has 0 bridgehead atoms. The zero-order valence-electron chi connectivity index (χ0n) is 9.95. The minimum absolute atomic E-state index is 0.0624. The molecule has 0 heterocycles. The van der Waals surface area contributed by atoms with Gasteiger partial charge in [-0.25, -0.2) is 4.39 Å². The predicted octanol–water partition coefficient (Wildman–Crippen LogP) is 1.85. The van der Waals surface area contributed by atoms with Gasteiger partial charge in [0, 0.05) is 25.0 Å². The van der Waals surface area contributed by atoms with Crippen molar-refractivity contribution in [3.8, 4) is 0 Å². The molecular weight excluding hydrogens is 259 g/mol. The van der Waals surface area contributed by atoms with Gasteiger partial charge in [-0.15, -0.1) is 11.6 Å². The number of rotatable bonds is 5. The number of carbonyl (C=O) groups is 2. The Morgan fingerprint density at radius 1 is 1.33 bits per heavy atom. The third-order valence-corrected chi connectivity index (χ3v) is 2.43. The molecule has 0 fully saturated rings. The Morgan fingerprint density at radius 3 is 2.50 bits per heavy atom. The second kappa shape index (κ2) is 6.96. The molecule has 1 rings (SSSR count). The number of halogens is 2. The van der Waals surface area contributed by atoms with Crippen molar-refractivity contribution in [2.45, 2.75) is 6.42 Å². The molecule has 1 aromatic rings. The molecule has 0 atom stereocenters. The van der Waals surface area contributed by atoms with Gasteiger partial charge < -0.3 is 10.2 Å². The van der Waals surface area contributed by atoms with Gasteiger partial charge in [-0.3, -0.25) is 9.59 Å². The molecule has 1 aromatic carbocycles. The van der Waals surface area contributed by atoms with E-state index in [1.54, 1.807) is 0 Å². The molecular formula is C12H14ClFN2O2. The van der Waals surface area contributed by atoms with Crippen LogP contribution in [0, 0.1) is 5.82 Å². The van der Waals surface area contributed by atoms with Crippen LogP contribution in [0.4, 0.5) is 10.1 Å². The molecule has 0 aliphatic heterocycles. The number of hydrogen-bond donors (Lipinski definition) is 1. The van der Waals surface area contributed by atoms with Gasteiger partial charge in [-0.2, -0.15) is 0 Å². The van der Waals surface area contributed by atoms with E-state index in [0.717, 1.165) is 0 Å². The van der Waals surface area contributed by atoms with Crippen molar-refractivity contribution in [3.63, 3.8) is 0 Å². The SMILES string of the molecule is CN(CC(=O)Nc1ccc(F)cc1)C(=O)CCCl. The number of benzene rings is 1. The maximum absolute atomic E-state index is 12.6. The number of likely N-dealkylation sites (N-methyl/N-ethyl adjacent to an activating group) is 1. The summed E-state index contributed by atoms with van der Waals surface area (Å²) in [6, 6.07) is 5.40. The Bertz CT molecular complexity index is 423. The number of nitrogens with one attached hydrogen (secondary N) is 1. The lowest BCUT2D eigenvalue weighted by Gasteiger charge is -2.16. The lowest BCUT2D eigenvalue weighted by Crippen LogP contribution is -2.34. The molecule has 1 N–H and O–H groups in total. The summed E-state index contributed by atoms with van der Waals surface area (Å²) in [5.41, 5.74) is 0.486. The van der Waals surface area contributed by atoms with Crippen molar-refractivity contribution in [2.24, 2.45) is 0 Å². The summed E-state index contributed by atoms with van der Waals surface area (Å²) >= 11 is 5.44. The van der Waals surface area contributed by atoms with Gasteiger partial charge in [0.05, 0.1) is 6.54 Å². The summed E-state index contributed by atoms with van der Waals surface area (Å²) in [5, 5.41) is 2.56. The number of hydrogen-bond acceptors (Lipinski definition) is 2. The quantitative estimate of drug-likeness (QED) is 0.832. The fourth-order valence-electron chi connectivity index (χ4n) is 1.31. The smallest absolute Gasteiger partial charge is 0.243 e. The molecule has 0 unspecified atom stereocenters. The van der Waals surface area contributed by atoms with Crippen LogP contribution in [0.25, 0.3) is 0 Å². The molecule has 0 aliphatic rings. The van der Waals surface area contributed by atoms with E-state index >= 15 is 0 Å². The molecule has 0 saturated carbocycles. The van der Waals surface area contributed by atoms with E-state index in [1.807, 2.05) is 0 Å². The number of amides is 2. The predicted molar refractivity (Wildman–Crippen MR) is 68.0 cm³/mol. The molecule has 0 spiro atoms. The largest absolute Gasteiger partial charge is 0.336 e. The summed E-state index contributed by atoms with van der Waals surface area (Å²) < 4.78 is 12.6. The van der Waals surface area contributed by atoms with Gasteiger partial charge in [0.2, 0.25) is 11.8 Å². The molecule has 18 heavy (non-hydrogen) atoms. The fraction of sp³-hybridized carbons (Fsp3) is 0.333. The maximum atomic E-state index is 12.6. The van der Waals surface area contributed by atoms with Crippen LogP contribution in [0.1, 0.15) is 6.42 Å².